The number of guanidine groups is 1. The highest BCUT2D eigenvalue weighted by Gasteiger charge is 2.46. The van der Waals surface area contributed by atoms with Gasteiger partial charge in [0.25, 0.3) is 0 Å². The van der Waals surface area contributed by atoms with E-state index in [2.05, 4.69) is 94.8 Å². The normalized spacial score (nSPS) is 20.6. The van der Waals surface area contributed by atoms with Crippen molar-refractivity contribution in [1.29, 1.82) is 0 Å². The fourth-order valence-electron chi connectivity index (χ4n) is 6.35. The molecule has 0 radical (unpaired) electrons. The summed E-state index contributed by atoms with van der Waals surface area (Å²) in [5, 5.41) is 0. The van der Waals surface area contributed by atoms with Gasteiger partial charge in [-0.1, -0.05) is 72.8 Å². The molecule has 0 saturated heterocycles. The molecule has 0 spiro atoms. The summed E-state index contributed by atoms with van der Waals surface area (Å²) in [5.41, 5.74) is 7.69. The molecule has 37 heavy (non-hydrogen) atoms. The van der Waals surface area contributed by atoms with Crippen molar-refractivity contribution in [3.05, 3.63) is 109 Å². The summed E-state index contributed by atoms with van der Waals surface area (Å²) in [6, 6.07) is 29.7. The Hall–Kier alpha value is -4.71. The molecule has 0 N–H and O–H groups in total. The molecule has 1 aliphatic carbocycles. The van der Waals surface area contributed by atoms with E-state index in [4.69, 9.17) is 14.4 Å². The summed E-state index contributed by atoms with van der Waals surface area (Å²) >= 11 is 0. The van der Waals surface area contributed by atoms with Crippen molar-refractivity contribution in [3.8, 4) is 28.4 Å². The lowest BCUT2D eigenvalue weighted by atomic mass is 9.51. The molecule has 5 aliphatic rings. The maximum absolute atomic E-state index is 6.58. The highest BCUT2D eigenvalue weighted by atomic mass is 16.5. The van der Waals surface area contributed by atoms with Crippen molar-refractivity contribution in [2.75, 3.05) is 9.80 Å². The minimum absolute atomic E-state index is 0.105. The summed E-state index contributed by atoms with van der Waals surface area (Å²) in [6.07, 6.45) is 8.65. The van der Waals surface area contributed by atoms with E-state index in [1.54, 1.807) is 0 Å². The summed E-state index contributed by atoms with van der Waals surface area (Å²) in [7, 11) is 0. The fourth-order valence-corrected chi connectivity index (χ4v) is 6.35. The number of fused-ring (bicyclic) bond motifs is 9. The Morgan fingerprint density at radius 3 is 2.46 bits per heavy atom. The number of aliphatic imine (C=N–C) groups is 1. The molecule has 2 unspecified atom stereocenters. The second-order valence-corrected chi connectivity index (χ2v) is 9.91. The van der Waals surface area contributed by atoms with E-state index in [9.17, 15) is 0 Å². The predicted molar refractivity (Wildman–Crippen MR) is 148 cm³/mol. The van der Waals surface area contributed by atoms with Crippen LogP contribution in [0.25, 0.3) is 11.1 Å². The molecular weight excluding hydrogens is 457 g/mol. The summed E-state index contributed by atoms with van der Waals surface area (Å²) < 4.78 is 13.1. The van der Waals surface area contributed by atoms with E-state index >= 15 is 0 Å². The van der Waals surface area contributed by atoms with Gasteiger partial charge in [-0.05, 0) is 35.9 Å². The second-order valence-electron chi connectivity index (χ2n) is 9.91. The Morgan fingerprint density at radius 2 is 1.51 bits per heavy atom. The number of hydrogen-bond acceptors (Lipinski definition) is 5. The molecule has 174 valence electrons. The van der Waals surface area contributed by atoms with Gasteiger partial charge >= 0.3 is 6.92 Å². The summed E-state index contributed by atoms with van der Waals surface area (Å²) in [4.78, 5) is 9.83. The van der Waals surface area contributed by atoms with Crippen LogP contribution in [0.5, 0.6) is 17.2 Å². The lowest BCUT2D eigenvalue weighted by Crippen LogP contribution is -2.53. The predicted octanol–water partition coefficient (Wildman–Crippen LogP) is 5.15. The van der Waals surface area contributed by atoms with Crippen molar-refractivity contribution < 1.29 is 9.39 Å². The van der Waals surface area contributed by atoms with Crippen LogP contribution in [0.15, 0.2) is 114 Å². The highest BCUT2D eigenvalue weighted by Crippen LogP contribution is 2.49. The van der Waals surface area contributed by atoms with E-state index in [-0.39, 0.29) is 19.0 Å². The molecule has 4 aliphatic heterocycles. The van der Waals surface area contributed by atoms with Gasteiger partial charge in [-0.3, -0.25) is 4.90 Å². The fraction of sp³-hybridized carbons (Fsp3) is 0.0645. The van der Waals surface area contributed by atoms with Crippen LogP contribution in [-0.4, -0.2) is 25.0 Å². The first-order valence-corrected chi connectivity index (χ1v) is 12.7. The molecule has 4 heterocycles. The minimum atomic E-state index is -0.205. The van der Waals surface area contributed by atoms with Crippen LogP contribution in [0.3, 0.4) is 0 Å². The third-order valence-corrected chi connectivity index (χ3v) is 7.93. The quantitative estimate of drug-likeness (QED) is 0.356. The molecule has 6 heteroatoms. The van der Waals surface area contributed by atoms with Crippen LogP contribution in [0, 0.1) is 0 Å². The molecule has 0 aromatic heterocycles. The Labute approximate surface area is 214 Å². The number of para-hydroxylation sites is 4. The van der Waals surface area contributed by atoms with E-state index in [1.165, 1.54) is 5.69 Å². The average molecular weight is 477 g/mol. The highest BCUT2D eigenvalue weighted by molar-refractivity contribution is 6.84. The molecule has 0 amide bonds. The standard InChI is InChI=1S/C31H20BN3O2/c1-7-15-27-20(9-1)21-17-19(18-29-30(21)32(37-27)22-10-2-8-16-28(22)36-29)34-25-13-5-6-14-26(25)35-24-12-4-3-11-23(24)33-31(34)35/h1-18,23-24H. The minimum Gasteiger partial charge on any atom is -0.551 e. The average Bonchev–Trinajstić information content (AvgIpc) is 3.47. The van der Waals surface area contributed by atoms with Gasteiger partial charge in [0.15, 0.2) is 0 Å². The number of allylic oxidation sites excluding steroid dienone is 2. The molecule has 0 bridgehead atoms. The van der Waals surface area contributed by atoms with Gasteiger partial charge in [-0.15, -0.1) is 0 Å². The van der Waals surface area contributed by atoms with Gasteiger partial charge < -0.3 is 14.3 Å². The number of anilines is 3. The van der Waals surface area contributed by atoms with Crippen molar-refractivity contribution >= 4 is 40.9 Å². The van der Waals surface area contributed by atoms with Crippen molar-refractivity contribution in [1.82, 2.24) is 0 Å². The lowest BCUT2D eigenvalue weighted by Gasteiger charge is -2.34. The smallest absolute Gasteiger partial charge is 0.434 e. The van der Waals surface area contributed by atoms with Gasteiger partial charge in [0, 0.05) is 22.6 Å². The lowest BCUT2D eigenvalue weighted by molar-refractivity contribution is 0.479. The van der Waals surface area contributed by atoms with Crippen molar-refractivity contribution in [2.24, 2.45) is 4.99 Å². The molecule has 5 nitrogen and oxygen atoms in total. The summed E-state index contributed by atoms with van der Waals surface area (Å²) in [6.45, 7) is -0.205. The Bertz CT molecular complexity index is 1740. The number of hydrogen-bond donors (Lipinski definition) is 0. The first-order valence-electron chi connectivity index (χ1n) is 12.7. The SMILES string of the molecule is C1=CC2N=C3N(c4cc5c6c(c4)-c4ccccc4OB6c4ccccc4O5)c4ccccc4N3C2C=C1. The Kier molecular flexibility index (Phi) is 3.66. The topological polar surface area (TPSA) is 37.3 Å². The number of nitrogens with zero attached hydrogens (tertiary/aromatic N) is 3. The van der Waals surface area contributed by atoms with Gasteiger partial charge in [0.05, 0.1) is 29.1 Å². The van der Waals surface area contributed by atoms with Gasteiger partial charge in [0.2, 0.25) is 5.96 Å². The molecule has 2 atom stereocenters. The first kappa shape index (κ1) is 19.5. The van der Waals surface area contributed by atoms with Crippen LogP contribution in [0.2, 0.25) is 0 Å². The van der Waals surface area contributed by atoms with Gasteiger partial charge in [0.1, 0.15) is 17.2 Å². The van der Waals surface area contributed by atoms with Crippen LogP contribution in [-0.2, 0) is 0 Å². The molecule has 9 rings (SSSR count). The first-order chi connectivity index (χ1) is 18.3. The Balaban J connectivity index is 1.29. The maximum atomic E-state index is 6.58. The van der Waals surface area contributed by atoms with Gasteiger partial charge in [-0.2, -0.15) is 0 Å². The molecule has 4 aromatic carbocycles. The van der Waals surface area contributed by atoms with Gasteiger partial charge in [-0.25, -0.2) is 4.99 Å². The zero-order chi connectivity index (χ0) is 24.1. The van der Waals surface area contributed by atoms with E-state index in [0.717, 1.165) is 56.6 Å². The number of rotatable bonds is 1. The molecular formula is C31H20BN3O2. The monoisotopic (exact) mass is 477 g/mol. The number of ether oxygens (including phenoxy) is 1. The molecule has 0 saturated carbocycles. The number of benzene rings is 4. The second kappa shape index (κ2) is 6.95. The zero-order valence-electron chi connectivity index (χ0n) is 19.8. The third-order valence-electron chi connectivity index (χ3n) is 7.93. The summed E-state index contributed by atoms with van der Waals surface area (Å²) in [5.74, 6) is 3.51. The molecule has 4 aromatic rings. The Morgan fingerprint density at radius 1 is 0.730 bits per heavy atom. The van der Waals surface area contributed by atoms with Crippen LogP contribution in [0.1, 0.15) is 0 Å². The van der Waals surface area contributed by atoms with Crippen LogP contribution >= 0.6 is 0 Å². The third kappa shape index (κ3) is 2.52. The molecule has 0 fully saturated rings. The van der Waals surface area contributed by atoms with Crippen LogP contribution < -0.4 is 30.1 Å². The maximum Gasteiger partial charge on any atom is 0.434 e. The van der Waals surface area contributed by atoms with E-state index in [0.29, 0.717) is 0 Å². The van der Waals surface area contributed by atoms with E-state index < -0.39 is 0 Å². The van der Waals surface area contributed by atoms with Crippen LogP contribution in [0.4, 0.5) is 17.1 Å². The van der Waals surface area contributed by atoms with Crippen molar-refractivity contribution in [2.45, 2.75) is 12.1 Å². The zero-order valence-corrected chi connectivity index (χ0v) is 19.8. The van der Waals surface area contributed by atoms with Crippen molar-refractivity contribution in [3.63, 3.8) is 0 Å². The van der Waals surface area contributed by atoms with E-state index in [1.807, 2.05) is 24.3 Å². The largest absolute Gasteiger partial charge is 0.551 e.